The Morgan fingerprint density at radius 3 is 2.83 bits per heavy atom. The summed E-state index contributed by atoms with van der Waals surface area (Å²) in [5.74, 6) is 0. The normalized spacial score (nSPS) is 11.1. The summed E-state index contributed by atoms with van der Waals surface area (Å²) in [6.07, 6.45) is 3.73. The fourth-order valence-electron chi connectivity index (χ4n) is 1.47. The molecule has 96 valence electrons. The van der Waals surface area contributed by atoms with E-state index in [-0.39, 0.29) is 0 Å². The Labute approximate surface area is 115 Å². The van der Waals surface area contributed by atoms with Gasteiger partial charge in [0.2, 0.25) is 0 Å². The number of nitrogens with one attached hydrogen (secondary N) is 1. The van der Waals surface area contributed by atoms with Gasteiger partial charge in [-0.3, -0.25) is 4.98 Å². The number of aromatic nitrogens is 4. The molecule has 0 aliphatic heterocycles. The van der Waals surface area contributed by atoms with Crippen molar-refractivity contribution in [2.45, 2.75) is 33.0 Å². The van der Waals surface area contributed by atoms with Crippen molar-refractivity contribution in [1.29, 1.82) is 0 Å². The SMILES string of the molecule is CC(C)NCc1cn(Cc2ccc(Br)cn2)nn1. The largest absolute Gasteiger partial charge is 0.309 e. The Hall–Kier alpha value is -1.27. The first kappa shape index (κ1) is 13.2. The Balaban J connectivity index is 1.95. The van der Waals surface area contributed by atoms with Crippen molar-refractivity contribution >= 4 is 15.9 Å². The number of hydrogen-bond donors (Lipinski definition) is 1. The summed E-state index contributed by atoms with van der Waals surface area (Å²) in [7, 11) is 0. The van der Waals surface area contributed by atoms with Gasteiger partial charge in [0.1, 0.15) is 0 Å². The van der Waals surface area contributed by atoms with E-state index in [0.717, 1.165) is 22.4 Å². The monoisotopic (exact) mass is 309 g/mol. The van der Waals surface area contributed by atoms with Crippen molar-refractivity contribution in [3.8, 4) is 0 Å². The lowest BCUT2D eigenvalue weighted by atomic mass is 10.3. The highest BCUT2D eigenvalue weighted by molar-refractivity contribution is 9.10. The summed E-state index contributed by atoms with van der Waals surface area (Å²) in [6.45, 7) is 5.60. The van der Waals surface area contributed by atoms with E-state index in [0.29, 0.717) is 12.6 Å². The zero-order valence-electron chi connectivity index (χ0n) is 10.5. The van der Waals surface area contributed by atoms with Gasteiger partial charge in [-0.15, -0.1) is 5.10 Å². The summed E-state index contributed by atoms with van der Waals surface area (Å²) in [6, 6.07) is 4.39. The molecular weight excluding hydrogens is 294 g/mol. The fraction of sp³-hybridized carbons (Fsp3) is 0.417. The average Bonchev–Trinajstić information content (AvgIpc) is 2.77. The molecule has 2 aromatic rings. The van der Waals surface area contributed by atoms with E-state index in [1.54, 1.807) is 10.9 Å². The van der Waals surface area contributed by atoms with E-state index < -0.39 is 0 Å². The third-order valence-electron chi connectivity index (χ3n) is 2.39. The van der Waals surface area contributed by atoms with Crippen LogP contribution in [0.2, 0.25) is 0 Å². The van der Waals surface area contributed by atoms with Crippen LogP contribution in [-0.4, -0.2) is 26.0 Å². The Morgan fingerprint density at radius 1 is 1.33 bits per heavy atom. The van der Waals surface area contributed by atoms with Crippen LogP contribution in [0.25, 0.3) is 0 Å². The van der Waals surface area contributed by atoms with Gasteiger partial charge in [-0.25, -0.2) is 4.68 Å². The van der Waals surface area contributed by atoms with E-state index in [4.69, 9.17) is 0 Å². The van der Waals surface area contributed by atoms with Crippen molar-refractivity contribution in [3.63, 3.8) is 0 Å². The summed E-state index contributed by atoms with van der Waals surface area (Å²) >= 11 is 3.36. The molecule has 0 bridgehead atoms. The van der Waals surface area contributed by atoms with Gasteiger partial charge in [-0.1, -0.05) is 19.1 Å². The highest BCUT2D eigenvalue weighted by Gasteiger charge is 2.03. The van der Waals surface area contributed by atoms with Crippen LogP contribution in [-0.2, 0) is 13.1 Å². The van der Waals surface area contributed by atoms with Crippen molar-refractivity contribution in [2.24, 2.45) is 0 Å². The summed E-state index contributed by atoms with van der Waals surface area (Å²) in [5, 5.41) is 11.5. The molecule has 0 spiro atoms. The molecule has 0 saturated heterocycles. The molecule has 2 aromatic heterocycles. The van der Waals surface area contributed by atoms with Gasteiger partial charge in [0.25, 0.3) is 0 Å². The molecule has 0 amide bonds. The quantitative estimate of drug-likeness (QED) is 0.917. The van der Waals surface area contributed by atoms with Crippen LogP contribution in [0.4, 0.5) is 0 Å². The Kier molecular flexibility index (Phi) is 4.43. The minimum Gasteiger partial charge on any atom is -0.309 e. The molecule has 2 rings (SSSR count). The average molecular weight is 310 g/mol. The number of hydrogen-bond acceptors (Lipinski definition) is 4. The van der Waals surface area contributed by atoms with Crippen LogP contribution in [0.15, 0.2) is 29.0 Å². The lowest BCUT2D eigenvalue weighted by Crippen LogP contribution is -2.21. The maximum atomic E-state index is 4.31. The van der Waals surface area contributed by atoms with Gasteiger partial charge in [0.15, 0.2) is 0 Å². The Morgan fingerprint density at radius 2 is 2.17 bits per heavy atom. The third-order valence-corrected chi connectivity index (χ3v) is 2.86. The van der Waals surface area contributed by atoms with Crippen molar-refractivity contribution in [2.75, 3.05) is 0 Å². The maximum absolute atomic E-state index is 4.31. The van der Waals surface area contributed by atoms with Gasteiger partial charge < -0.3 is 5.32 Å². The minimum absolute atomic E-state index is 0.447. The first-order chi connectivity index (χ1) is 8.63. The number of halogens is 1. The smallest absolute Gasteiger partial charge is 0.0965 e. The lowest BCUT2D eigenvalue weighted by molar-refractivity contribution is 0.580. The van der Waals surface area contributed by atoms with Crippen LogP contribution in [0, 0.1) is 0 Å². The van der Waals surface area contributed by atoms with Gasteiger partial charge in [0, 0.05) is 23.3 Å². The molecule has 0 atom stereocenters. The summed E-state index contributed by atoms with van der Waals surface area (Å²) in [4.78, 5) is 4.31. The van der Waals surface area contributed by atoms with Gasteiger partial charge >= 0.3 is 0 Å². The zero-order chi connectivity index (χ0) is 13.0. The van der Waals surface area contributed by atoms with E-state index in [1.807, 2.05) is 18.3 Å². The molecule has 1 N–H and O–H groups in total. The molecular formula is C12H16BrN5. The number of nitrogens with zero attached hydrogens (tertiary/aromatic N) is 4. The second-order valence-corrected chi connectivity index (χ2v) is 5.33. The third kappa shape index (κ3) is 3.89. The lowest BCUT2D eigenvalue weighted by Gasteiger charge is -2.04. The first-order valence-corrected chi connectivity index (χ1v) is 6.65. The first-order valence-electron chi connectivity index (χ1n) is 5.86. The summed E-state index contributed by atoms with van der Waals surface area (Å²) < 4.78 is 2.78. The molecule has 0 fully saturated rings. The van der Waals surface area contributed by atoms with E-state index in [1.165, 1.54) is 0 Å². The molecule has 6 heteroatoms. The summed E-state index contributed by atoms with van der Waals surface area (Å²) in [5.41, 5.74) is 1.91. The number of rotatable bonds is 5. The molecule has 0 radical (unpaired) electrons. The van der Waals surface area contributed by atoms with Crippen LogP contribution < -0.4 is 5.32 Å². The van der Waals surface area contributed by atoms with E-state index in [9.17, 15) is 0 Å². The van der Waals surface area contributed by atoms with E-state index >= 15 is 0 Å². The van der Waals surface area contributed by atoms with Crippen molar-refractivity contribution < 1.29 is 0 Å². The molecule has 5 nitrogen and oxygen atoms in total. The molecule has 0 unspecified atom stereocenters. The van der Waals surface area contributed by atoms with Crippen molar-refractivity contribution in [3.05, 3.63) is 40.4 Å². The topological polar surface area (TPSA) is 55.6 Å². The second-order valence-electron chi connectivity index (χ2n) is 4.41. The maximum Gasteiger partial charge on any atom is 0.0965 e. The molecule has 18 heavy (non-hydrogen) atoms. The highest BCUT2D eigenvalue weighted by Crippen LogP contribution is 2.08. The number of pyridine rings is 1. The predicted molar refractivity (Wildman–Crippen MR) is 73.0 cm³/mol. The highest BCUT2D eigenvalue weighted by atomic mass is 79.9. The molecule has 0 aliphatic rings. The standard InChI is InChI=1S/C12H16BrN5/c1-9(2)14-6-12-8-18(17-16-12)7-11-4-3-10(13)5-15-11/h3-5,8-9,14H,6-7H2,1-2H3. The predicted octanol–water partition coefficient (Wildman–Crippen LogP) is 1.98. The van der Waals surface area contributed by atoms with Crippen LogP contribution in [0.5, 0.6) is 0 Å². The van der Waals surface area contributed by atoms with Crippen LogP contribution in [0.1, 0.15) is 25.2 Å². The molecule has 0 aliphatic carbocycles. The van der Waals surface area contributed by atoms with Gasteiger partial charge in [-0.05, 0) is 28.1 Å². The van der Waals surface area contributed by atoms with E-state index in [2.05, 4.69) is 50.4 Å². The van der Waals surface area contributed by atoms with Crippen molar-refractivity contribution in [1.82, 2.24) is 25.3 Å². The van der Waals surface area contributed by atoms with Crippen LogP contribution in [0.3, 0.4) is 0 Å². The molecule has 2 heterocycles. The second kappa shape index (κ2) is 6.06. The van der Waals surface area contributed by atoms with Crippen LogP contribution >= 0.6 is 15.9 Å². The fourth-order valence-corrected chi connectivity index (χ4v) is 1.71. The minimum atomic E-state index is 0.447. The molecule has 0 saturated carbocycles. The van der Waals surface area contributed by atoms with Gasteiger partial charge in [0.05, 0.1) is 24.1 Å². The Bertz CT molecular complexity index is 491. The molecule has 0 aromatic carbocycles. The zero-order valence-corrected chi connectivity index (χ0v) is 12.1. The van der Waals surface area contributed by atoms with Gasteiger partial charge in [-0.2, -0.15) is 0 Å².